The van der Waals surface area contributed by atoms with Crippen LogP contribution in [-0.2, 0) is 9.59 Å². The van der Waals surface area contributed by atoms with Crippen LogP contribution in [0.4, 0.5) is 0 Å². The van der Waals surface area contributed by atoms with E-state index < -0.39 is 16.8 Å². The summed E-state index contributed by atoms with van der Waals surface area (Å²) < 4.78 is -0.493. The molecule has 1 fully saturated rings. The molecule has 2 aromatic carbocycles. The summed E-state index contributed by atoms with van der Waals surface area (Å²) in [6, 6.07) is 15.7. The summed E-state index contributed by atoms with van der Waals surface area (Å²) in [4.78, 5) is 41.6. The Morgan fingerprint density at radius 1 is 0.970 bits per heavy atom. The molecule has 0 saturated carbocycles. The summed E-state index contributed by atoms with van der Waals surface area (Å²) in [7, 11) is 0. The lowest BCUT2D eigenvalue weighted by molar-refractivity contribution is -0.133. The zero-order valence-corrected chi connectivity index (χ0v) is 20.5. The molecule has 0 unspecified atom stereocenters. The average Bonchev–Trinajstić information content (AvgIpc) is 3.21. The van der Waals surface area contributed by atoms with Gasteiger partial charge >= 0.3 is 0 Å². The van der Waals surface area contributed by atoms with E-state index >= 15 is 0 Å². The molecule has 0 bridgehead atoms. The molecule has 174 valence electrons. The van der Waals surface area contributed by atoms with E-state index in [-0.39, 0.29) is 35.1 Å². The van der Waals surface area contributed by atoms with Gasteiger partial charge in [0, 0.05) is 10.3 Å². The van der Waals surface area contributed by atoms with Crippen LogP contribution < -0.4 is 10.6 Å². The molecule has 2 aliphatic heterocycles. The van der Waals surface area contributed by atoms with Crippen molar-refractivity contribution in [2.75, 3.05) is 0 Å². The molecule has 0 aliphatic carbocycles. The minimum absolute atomic E-state index is 0.114. The van der Waals surface area contributed by atoms with Gasteiger partial charge in [-0.15, -0.1) is 11.8 Å². The first-order valence-electron chi connectivity index (χ1n) is 11.4. The minimum Gasteiger partial charge on any atom is -0.348 e. The molecule has 2 N–H and O–H groups in total. The van der Waals surface area contributed by atoms with E-state index in [0.717, 1.165) is 11.1 Å². The number of carbonyl (C=O) groups excluding carboxylic acids is 3. The standard InChI is InChI=1S/C26H31N3O3S/c1-15(2)20(22(30)27-16(3)17-11-7-6-8-12-17)28-23(31)21-26(4,5)33-25-19-14-10-9-13-18(19)24(32)29(21)25/h6-16,20-21,25H,1-5H3,(H,27,30)(H,28,31)/t16-,20+,21-,25-/m1/s1. The summed E-state index contributed by atoms with van der Waals surface area (Å²) in [6.07, 6.45) is 0. The van der Waals surface area contributed by atoms with Gasteiger partial charge in [-0.25, -0.2) is 0 Å². The summed E-state index contributed by atoms with van der Waals surface area (Å²) in [5.41, 5.74) is 2.60. The largest absolute Gasteiger partial charge is 0.348 e. The minimum atomic E-state index is -0.705. The van der Waals surface area contributed by atoms with Crippen LogP contribution >= 0.6 is 11.8 Å². The molecule has 4 atom stereocenters. The van der Waals surface area contributed by atoms with Crippen molar-refractivity contribution in [2.24, 2.45) is 5.92 Å². The average molecular weight is 466 g/mol. The monoisotopic (exact) mass is 465 g/mol. The second-order valence-corrected chi connectivity index (χ2v) is 11.4. The lowest BCUT2D eigenvalue weighted by Gasteiger charge is -2.32. The van der Waals surface area contributed by atoms with Gasteiger partial charge in [0.2, 0.25) is 11.8 Å². The normalized spacial score (nSPS) is 22.5. The predicted octanol–water partition coefficient (Wildman–Crippen LogP) is 4.05. The summed E-state index contributed by atoms with van der Waals surface area (Å²) in [5, 5.41) is 5.81. The number of benzene rings is 2. The van der Waals surface area contributed by atoms with Crippen molar-refractivity contribution in [1.82, 2.24) is 15.5 Å². The third-order valence-corrected chi connectivity index (χ3v) is 7.99. The Hall–Kier alpha value is -2.80. The van der Waals surface area contributed by atoms with Crippen molar-refractivity contribution in [3.05, 3.63) is 71.3 Å². The van der Waals surface area contributed by atoms with E-state index in [9.17, 15) is 14.4 Å². The second-order valence-electron chi connectivity index (χ2n) is 9.65. The van der Waals surface area contributed by atoms with Gasteiger partial charge in [-0.2, -0.15) is 0 Å². The number of amides is 3. The molecular formula is C26H31N3O3S. The molecule has 2 aromatic rings. The number of rotatable bonds is 6. The van der Waals surface area contributed by atoms with E-state index in [4.69, 9.17) is 0 Å². The first-order chi connectivity index (χ1) is 15.6. The van der Waals surface area contributed by atoms with Gasteiger partial charge in [0.25, 0.3) is 5.91 Å². The predicted molar refractivity (Wildman–Crippen MR) is 131 cm³/mol. The molecule has 0 aromatic heterocycles. The number of fused-ring (bicyclic) bond motifs is 3. The fourth-order valence-corrected chi connectivity index (χ4v) is 6.29. The van der Waals surface area contributed by atoms with Crippen LogP contribution in [0.3, 0.4) is 0 Å². The molecule has 1 saturated heterocycles. The number of thioether (sulfide) groups is 1. The first kappa shape index (κ1) is 23.4. The van der Waals surface area contributed by atoms with Crippen LogP contribution in [0.5, 0.6) is 0 Å². The molecule has 4 rings (SSSR count). The van der Waals surface area contributed by atoms with Gasteiger partial charge in [-0.1, -0.05) is 62.4 Å². The van der Waals surface area contributed by atoms with Gasteiger partial charge in [0.05, 0.1) is 6.04 Å². The maximum atomic E-state index is 13.6. The lowest BCUT2D eigenvalue weighted by atomic mass is 9.97. The number of nitrogens with one attached hydrogen (secondary N) is 2. The van der Waals surface area contributed by atoms with E-state index in [1.165, 1.54) is 0 Å². The van der Waals surface area contributed by atoms with Crippen LogP contribution in [0.2, 0.25) is 0 Å². The summed E-state index contributed by atoms with van der Waals surface area (Å²) in [5.74, 6) is -0.767. The highest BCUT2D eigenvalue weighted by molar-refractivity contribution is 8.01. The third kappa shape index (κ3) is 4.26. The van der Waals surface area contributed by atoms with Crippen LogP contribution in [0.25, 0.3) is 0 Å². The van der Waals surface area contributed by atoms with Crippen molar-refractivity contribution < 1.29 is 14.4 Å². The van der Waals surface area contributed by atoms with Crippen molar-refractivity contribution in [3.63, 3.8) is 0 Å². The Kier molecular flexibility index (Phi) is 6.27. The molecular weight excluding hydrogens is 434 g/mol. The summed E-state index contributed by atoms with van der Waals surface area (Å²) >= 11 is 1.62. The Balaban J connectivity index is 1.53. The van der Waals surface area contributed by atoms with Gasteiger partial charge in [0.15, 0.2) is 0 Å². The van der Waals surface area contributed by atoms with Gasteiger partial charge < -0.3 is 15.5 Å². The van der Waals surface area contributed by atoms with E-state index in [1.54, 1.807) is 16.7 Å². The fraction of sp³-hybridized carbons (Fsp3) is 0.423. The zero-order chi connectivity index (χ0) is 23.9. The number of hydrogen-bond acceptors (Lipinski definition) is 4. The van der Waals surface area contributed by atoms with E-state index in [0.29, 0.717) is 5.56 Å². The Bertz CT molecular complexity index is 1070. The van der Waals surface area contributed by atoms with Crippen molar-refractivity contribution in [3.8, 4) is 0 Å². The van der Waals surface area contributed by atoms with Crippen molar-refractivity contribution in [1.29, 1.82) is 0 Å². The Morgan fingerprint density at radius 2 is 1.61 bits per heavy atom. The first-order valence-corrected chi connectivity index (χ1v) is 12.2. The maximum absolute atomic E-state index is 13.6. The maximum Gasteiger partial charge on any atom is 0.256 e. The molecule has 2 heterocycles. The van der Waals surface area contributed by atoms with Gasteiger partial charge in [-0.3, -0.25) is 14.4 Å². The molecule has 2 aliphatic rings. The molecule has 3 amide bonds. The smallest absolute Gasteiger partial charge is 0.256 e. The second kappa shape index (κ2) is 8.86. The number of hydrogen-bond donors (Lipinski definition) is 2. The number of carbonyl (C=O) groups is 3. The summed E-state index contributed by atoms with van der Waals surface area (Å²) in [6.45, 7) is 9.71. The quantitative estimate of drug-likeness (QED) is 0.675. The highest BCUT2D eigenvalue weighted by Gasteiger charge is 2.57. The SMILES string of the molecule is CC(C)[C@H](NC(=O)[C@H]1N2C(=O)c3ccccc3[C@H]2SC1(C)C)C(=O)N[C@H](C)c1ccccc1. The lowest BCUT2D eigenvalue weighted by Crippen LogP contribution is -2.58. The molecule has 7 heteroatoms. The zero-order valence-electron chi connectivity index (χ0n) is 19.7. The van der Waals surface area contributed by atoms with Crippen molar-refractivity contribution in [2.45, 2.75) is 62.9 Å². The van der Waals surface area contributed by atoms with Gasteiger partial charge in [-0.05, 0) is 43.9 Å². The molecule has 0 spiro atoms. The fourth-order valence-electron chi connectivity index (χ4n) is 4.70. The topological polar surface area (TPSA) is 78.5 Å². The highest BCUT2D eigenvalue weighted by atomic mass is 32.2. The van der Waals surface area contributed by atoms with Crippen LogP contribution in [0.1, 0.15) is 67.5 Å². The van der Waals surface area contributed by atoms with E-state index in [2.05, 4.69) is 10.6 Å². The number of nitrogens with zero attached hydrogens (tertiary/aromatic N) is 1. The third-order valence-electron chi connectivity index (χ3n) is 6.45. The van der Waals surface area contributed by atoms with Crippen LogP contribution in [-0.4, -0.2) is 39.5 Å². The van der Waals surface area contributed by atoms with Crippen LogP contribution in [0, 0.1) is 5.92 Å². The van der Waals surface area contributed by atoms with Crippen LogP contribution in [0.15, 0.2) is 54.6 Å². The Morgan fingerprint density at radius 3 is 2.27 bits per heavy atom. The van der Waals surface area contributed by atoms with Gasteiger partial charge in [0.1, 0.15) is 17.5 Å². The van der Waals surface area contributed by atoms with Crippen molar-refractivity contribution >= 4 is 29.5 Å². The molecule has 0 radical (unpaired) electrons. The Labute approximate surface area is 199 Å². The molecule has 33 heavy (non-hydrogen) atoms. The highest BCUT2D eigenvalue weighted by Crippen LogP contribution is 2.56. The molecule has 6 nitrogen and oxygen atoms in total. The van der Waals surface area contributed by atoms with E-state index in [1.807, 2.05) is 89.2 Å².